The number of rotatable bonds is 11. The average molecular weight is 684 g/mol. The van der Waals surface area contributed by atoms with E-state index in [2.05, 4.69) is 16.0 Å². The molecule has 0 saturated heterocycles. The van der Waals surface area contributed by atoms with Gasteiger partial charge in [-0.05, 0) is 79.7 Å². The molecule has 3 amide bonds. The van der Waals surface area contributed by atoms with Gasteiger partial charge in [-0.2, -0.15) is 13.2 Å². The molecule has 0 fully saturated rings. The number of nitrogens with one attached hydrogen (secondary N) is 3. The fourth-order valence-corrected chi connectivity index (χ4v) is 5.17. The lowest BCUT2D eigenvalue weighted by Crippen LogP contribution is -2.30. The van der Waals surface area contributed by atoms with Gasteiger partial charge in [0, 0.05) is 27.8 Å². The van der Waals surface area contributed by atoms with Gasteiger partial charge in [0.25, 0.3) is 11.8 Å². The predicted molar refractivity (Wildman–Crippen MR) is 177 cm³/mol. The highest BCUT2D eigenvalue weighted by atomic mass is 35.5. The van der Waals surface area contributed by atoms with Gasteiger partial charge in [-0.25, -0.2) is 0 Å². The maximum atomic E-state index is 13.4. The summed E-state index contributed by atoms with van der Waals surface area (Å²) >= 11 is 7.16. The number of thioether (sulfide) groups is 1. The highest BCUT2D eigenvalue weighted by Gasteiger charge is 2.31. The summed E-state index contributed by atoms with van der Waals surface area (Å²) in [6.07, 6.45) is -3.11. The number of halogens is 4. The SMILES string of the molecule is COc1ccc(/C=C(\NC(=O)c2ccccc2)C(=O)Nc2ccc(SC(C)C(=O)Nc3cc(C(F)(F)F)ccc3Cl)cc2)c(OC)c1. The van der Waals surface area contributed by atoms with Crippen LogP contribution in [-0.2, 0) is 15.8 Å². The monoisotopic (exact) mass is 683 g/mol. The Bertz CT molecular complexity index is 1780. The first-order valence-electron chi connectivity index (χ1n) is 13.9. The van der Waals surface area contributed by atoms with E-state index < -0.39 is 34.7 Å². The van der Waals surface area contributed by atoms with Gasteiger partial charge < -0.3 is 25.4 Å². The van der Waals surface area contributed by atoms with E-state index >= 15 is 0 Å². The second-order valence-corrected chi connectivity index (χ2v) is 11.7. The Hall–Kier alpha value is -4.94. The smallest absolute Gasteiger partial charge is 0.416 e. The zero-order valence-electron chi connectivity index (χ0n) is 25.3. The molecule has 47 heavy (non-hydrogen) atoms. The summed E-state index contributed by atoms with van der Waals surface area (Å²) in [6.45, 7) is 1.59. The second kappa shape index (κ2) is 15.6. The number of hydrogen-bond acceptors (Lipinski definition) is 6. The number of methoxy groups -OCH3 is 2. The van der Waals surface area contributed by atoms with Crippen LogP contribution < -0.4 is 25.4 Å². The zero-order chi connectivity index (χ0) is 34.1. The van der Waals surface area contributed by atoms with Gasteiger partial charge in [0.15, 0.2) is 0 Å². The van der Waals surface area contributed by atoms with Crippen molar-refractivity contribution in [2.24, 2.45) is 0 Å². The van der Waals surface area contributed by atoms with Gasteiger partial charge in [-0.1, -0.05) is 29.8 Å². The van der Waals surface area contributed by atoms with Crippen molar-refractivity contribution in [1.29, 1.82) is 0 Å². The van der Waals surface area contributed by atoms with E-state index in [-0.39, 0.29) is 16.4 Å². The summed E-state index contributed by atoms with van der Waals surface area (Å²) in [6, 6.07) is 22.7. The van der Waals surface area contributed by atoms with Gasteiger partial charge in [-0.3, -0.25) is 14.4 Å². The van der Waals surface area contributed by atoms with Crippen LogP contribution in [0.2, 0.25) is 5.02 Å². The third-order valence-electron chi connectivity index (χ3n) is 6.62. The van der Waals surface area contributed by atoms with E-state index in [0.29, 0.717) is 33.2 Å². The van der Waals surface area contributed by atoms with Crippen LogP contribution in [0.4, 0.5) is 24.5 Å². The summed E-state index contributed by atoms with van der Waals surface area (Å²) < 4.78 is 50.0. The van der Waals surface area contributed by atoms with Crippen molar-refractivity contribution < 1.29 is 37.0 Å². The van der Waals surface area contributed by atoms with Gasteiger partial charge in [0.05, 0.1) is 35.7 Å². The third-order valence-corrected chi connectivity index (χ3v) is 8.06. The van der Waals surface area contributed by atoms with Crippen molar-refractivity contribution in [3.05, 3.63) is 118 Å². The standard InChI is InChI=1S/C34H29ClF3N3O5S/c1-20(31(42)40-28-18-23(34(36,37)38)10-16-27(28)35)47-26-14-11-24(12-15-26)39-33(44)29(41-32(43)21-7-5-4-6-8-21)17-22-9-13-25(45-2)19-30(22)46-3/h4-20H,1-3H3,(H,39,44)(H,40,42)(H,41,43)/b29-17-. The summed E-state index contributed by atoms with van der Waals surface area (Å²) in [5, 5.41) is 7.14. The minimum absolute atomic E-state index is 0.0255. The number of benzene rings is 4. The van der Waals surface area contributed by atoms with Gasteiger partial charge >= 0.3 is 6.18 Å². The highest BCUT2D eigenvalue weighted by Crippen LogP contribution is 2.34. The van der Waals surface area contributed by atoms with E-state index in [9.17, 15) is 27.6 Å². The normalized spacial score (nSPS) is 12.1. The molecule has 4 aromatic carbocycles. The predicted octanol–water partition coefficient (Wildman–Crippen LogP) is 7.90. The quantitative estimate of drug-likeness (QED) is 0.110. The molecule has 244 valence electrons. The lowest BCUT2D eigenvalue weighted by molar-refractivity contribution is -0.137. The number of carbonyl (C=O) groups is 3. The van der Waals surface area contributed by atoms with Crippen molar-refractivity contribution in [1.82, 2.24) is 5.32 Å². The molecule has 1 atom stereocenters. The highest BCUT2D eigenvalue weighted by molar-refractivity contribution is 8.00. The summed E-state index contributed by atoms with van der Waals surface area (Å²) in [5.74, 6) is -0.698. The van der Waals surface area contributed by atoms with Crippen molar-refractivity contribution in [3.8, 4) is 11.5 Å². The molecule has 0 bridgehead atoms. The lowest BCUT2D eigenvalue weighted by atomic mass is 10.1. The van der Waals surface area contributed by atoms with E-state index in [4.69, 9.17) is 21.1 Å². The van der Waals surface area contributed by atoms with Crippen molar-refractivity contribution >= 4 is 58.5 Å². The molecule has 0 aromatic heterocycles. The Morgan fingerprint density at radius 2 is 1.57 bits per heavy atom. The average Bonchev–Trinajstić information content (AvgIpc) is 3.06. The Morgan fingerprint density at radius 1 is 0.872 bits per heavy atom. The fraction of sp³-hybridized carbons (Fsp3) is 0.147. The molecule has 4 aromatic rings. The molecule has 13 heteroatoms. The van der Waals surface area contributed by atoms with Crippen LogP contribution >= 0.6 is 23.4 Å². The molecule has 0 aliphatic carbocycles. The number of anilines is 2. The van der Waals surface area contributed by atoms with Crippen LogP contribution in [0.3, 0.4) is 0 Å². The Kier molecular flexibility index (Phi) is 11.6. The molecule has 1 unspecified atom stereocenters. The van der Waals surface area contributed by atoms with E-state index in [1.165, 1.54) is 20.3 Å². The molecule has 0 aliphatic rings. The largest absolute Gasteiger partial charge is 0.497 e. The van der Waals surface area contributed by atoms with Gasteiger partial charge in [0.1, 0.15) is 17.2 Å². The summed E-state index contributed by atoms with van der Waals surface area (Å²) in [4.78, 5) is 39.8. The molecule has 3 N–H and O–H groups in total. The number of alkyl halides is 3. The van der Waals surface area contributed by atoms with Gasteiger partial charge in [0.2, 0.25) is 5.91 Å². The van der Waals surface area contributed by atoms with Crippen LogP contribution in [-0.4, -0.2) is 37.2 Å². The van der Waals surface area contributed by atoms with Crippen LogP contribution in [0.1, 0.15) is 28.4 Å². The first-order valence-corrected chi connectivity index (χ1v) is 15.2. The first kappa shape index (κ1) is 34.9. The molecule has 8 nitrogen and oxygen atoms in total. The molecule has 0 spiro atoms. The van der Waals surface area contributed by atoms with Crippen molar-refractivity contribution in [2.45, 2.75) is 23.2 Å². The zero-order valence-corrected chi connectivity index (χ0v) is 26.8. The Balaban J connectivity index is 1.47. The van der Waals surface area contributed by atoms with Gasteiger partial charge in [-0.15, -0.1) is 11.8 Å². The maximum Gasteiger partial charge on any atom is 0.416 e. The number of ether oxygens (including phenoxy) is 2. The number of hydrogen-bond donors (Lipinski definition) is 3. The molecule has 0 heterocycles. The molecule has 4 rings (SSSR count). The van der Waals surface area contributed by atoms with Crippen LogP contribution in [0.25, 0.3) is 6.08 Å². The first-order chi connectivity index (χ1) is 22.4. The molecule has 0 saturated carbocycles. The number of carbonyl (C=O) groups excluding carboxylic acids is 3. The van der Waals surface area contributed by atoms with Crippen molar-refractivity contribution in [2.75, 3.05) is 24.9 Å². The summed E-state index contributed by atoms with van der Waals surface area (Å²) in [7, 11) is 2.98. The van der Waals surface area contributed by atoms with E-state index in [1.54, 1.807) is 79.7 Å². The van der Waals surface area contributed by atoms with Crippen LogP contribution in [0.15, 0.2) is 102 Å². The van der Waals surface area contributed by atoms with E-state index in [1.807, 2.05) is 0 Å². The van der Waals surface area contributed by atoms with Crippen molar-refractivity contribution in [3.63, 3.8) is 0 Å². The van der Waals surface area contributed by atoms with Crippen LogP contribution in [0.5, 0.6) is 11.5 Å². The minimum atomic E-state index is -4.59. The Morgan fingerprint density at radius 3 is 2.21 bits per heavy atom. The minimum Gasteiger partial charge on any atom is -0.497 e. The number of amides is 3. The molecule has 0 radical (unpaired) electrons. The maximum absolute atomic E-state index is 13.4. The topological polar surface area (TPSA) is 106 Å². The third kappa shape index (κ3) is 9.53. The molecule has 0 aliphatic heterocycles. The fourth-order valence-electron chi connectivity index (χ4n) is 4.14. The molecular weight excluding hydrogens is 655 g/mol. The Labute approximate surface area is 278 Å². The lowest BCUT2D eigenvalue weighted by Gasteiger charge is -2.15. The van der Waals surface area contributed by atoms with E-state index in [0.717, 1.165) is 30.0 Å². The molecular formula is C34H29ClF3N3O5S. The second-order valence-electron chi connectivity index (χ2n) is 9.91. The van der Waals surface area contributed by atoms with Crippen LogP contribution in [0, 0.1) is 0 Å². The summed E-state index contributed by atoms with van der Waals surface area (Å²) in [5.41, 5.74) is 0.122.